The second kappa shape index (κ2) is 9.80. The Labute approximate surface area is 218 Å². The minimum Gasteiger partial charge on any atom is -0.487 e. The summed E-state index contributed by atoms with van der Waals surface area (Å²) in [5.41, 5.74) is 2.82. The lowest BCUT2D eigenvalue weighted by Gasteiger charge is -2.48. The molecule has 1 saturated carbocycles. The second-order valence-electron chi connectivity index (χ2n) is 9.83. The number of ether oxygens (including phenoxy) is 1. The van der Waals surface area contributed by atoms with Gasteiger partial charge in [-0.3, -0.25) is 4.40 Å². The van der Waals surface area contributed by atoms with Gasteiger partial charge in [0, 0.05) is 41.4 Å². The van der Waals surface area contributed by atoms with E-state index in [1.54, 1.807) is 12.5 Å². The van der Waals surface area contributed by atoms with Gasteiger partial charge >= 0.3 is 0 Å². The summed E-state index contributed by atoms with van der Waals surface area (Å²) < 4.78 is 9.27. The highest BCUT2D eigenvalue weighted by Crippen LogP contribution is 2.49. The quantitative estimate of drug-likeness (QED) is 0.302. The molecule has 1 aliphatic heterocycles. The maximum atomic E-state index is 11.5. The number of aliphatic hydroxyl groups is 1. The highest BCUT2D eigenvalue weighted by molar-refractivity contribution is 9.10. The van der Waals surface area contributed by atoms with E-state index in [1.807, 2.05) is 34.9 Å². The topological polar surface area (TPSA) is 96.6 Å². The number of aliphatic hydroxyl groups excluding tert-OH is 1. The molecule has 3 atom stereocenters. The fraction of sp³-hybridized carbons (Fsp3) is 0.370. The summed E-state index contributed by atoms with van der Waals surface area (Å²) in [4.78, 5) is 4.48. The van der Waals surface area contributed by atoms with Crippen molar-refractivity contribution in [3.63, 3.8) is 0 Å². The summed E-state index contributed by atoms with van der Waals surface area (Å²) in [6.45, 7) is 0.424. The van der Waals surface area contributed by atoms with E-state index in [2.05, 4.69) is 66.0 Å². The van der Waals surface area contributed by atoms with Crippen LogP contribution in [-0.4, -0.2) is 49.0 Å². The average Bonchev–Trinajstić information content (AvgIpc) is 3.36. The van der Waals surface area contributed by atoms with Gasteiger partial charge in [0.25, 0.3) is 0 Å². The van der Waals surface area contributed by atoms with Gasteiger partial charge in [0.2, 0.25) is 5.65 Å². The Kier molecular flexibility index (Phi) is 6.37. The van der Waals surface area contributed by atoms with Crippen LogP contribution in [-0.2, 0) is 6.42 Å². The van der Waals surface area contributed by atoms with Crippen LogP contribution in [0.4, 0.5) is 5.82 Å². The number of hydrogen-bond acceptors (Lipinski definition) is 7. The predicted octanol–water partition coefficient (Wildman–Crippen LogP) is 4.31. The molecule has 8 nitrogen and oxygen atoms in total. The Balaban J connectivity index is 1.22. The smallest absolute Gasteiger partial charge is 0.203 e. The van der Waals surface area contributed by atoms with Crippen LogP contribution in [0.25, 0.3) is 5.65 Å². The van der Waals surface area contributed by atoms with Crippen LogP contribution >= 0.6 is 15.9 Å². The molecule has 3 heterocycles. The molecule has 2 aliphatic rings. The van der Waals surface area contributed by atoms with Crippen molar-refractivity contribution in [1.29, 1.82) is 0 Å². The standard InChI is InChI=1S/C27H29BrN6O2/c28-19-7-8-24-20(14-19)22(15-27(36-24)9-4-10-27)30-16-23(35)21(13-18-5-2-1-3-6-18)32-25-26-33-31-17-34(26)12-11-29-25/h1-3,5-8,11-12,14,17,21-23,30,35H,4,9-10,13,15-16H2,(H,29,32)/t21-,22?,23+/m0/s1. The van der Waals surface area contributed by atoms with Crippen LogP contribution in [0, 0.1) is 0 Å². The van der Waals surface area contributed by atoms with E-state index in [4.69, 9.17) is 4.74 Å². The normalized spacial score (nSPS) is 19.8. The summed E-state index contributed by atoms with van der Waals surface area (Å²) in [5.74, 6) is 1.54. The number of halogens is 1. The highest BCUT2D eigenvalue weighted by Gasteiger charge is 2.45. The molecule has 1 spiro atoms. The fourth-order valence-electron chi connectivity index (χ4n) is 5.29. The molecule has 36 heavy (non-hydrogen) atoms. The van der Waals surface area contributed by atoms with Crippen molar-refractivity contribution < 1.29 is 9.84 Å². The third kappa shape index (κ3) is 4.70. The maximum Gasteiger partial charge on any atom is 0.203 e. The lowest BCUT2D eigenvalue weighted by atomic mass is 9.73. The molecule has 0 radical (unpaired) electrons. The first-order valence-corrected chi connectivity index (χ1v) is 13.2. The number of nitrogens with zero attached hydrogens (tertiary/aromatic N) is 4. The number of anilines is 1. The SMILES string of the molecule is O[C@H](CNC1CC2(CCC2)Oc2ccc(Br)cc21)[C@H](Cc1ccccc1)Nc1nccn2cnnc12. The van der Waals surface area contributed by atoms with Gasteiger partial charge in [-0.05, 0) is 49.4 Å². The van der Waals surface area contributed by atoms with Crippen LogP contribution in [0.2, 0.25) is 0 Å². The van der Waals surface area contributed by atoms with E-state index in [0.29, 0.717) is 24.4 Å². The van der Waals surface area contributed by atoms with Crippen molar-refractivity contribution in [2.24, 2.45) is 0 Å². The molecular formula is C27H29BrN6O2. The Hall–Kier alpha value is -3.01. The van der Waals surface area contributed by atoms with Gasteiger partial charge in [-0.25, -0.2) is 4.98 Å². The van der Waals surface area contributed by atoms with Crippen LogP contribution in [0.15, 0.2) is 71.7 Å². The van der Waals surface area contributed by atoms with Gasteiger partial charge in [0.1, 0.15) is 17.7 Å². The van der Waals surface area contributed by atoms with Crippen molar-refractivity contribution >= 4 is 27.4 Å². The van der Waals surface area contributed by atoms with Crippen molar-refractivity contribution in [3.8, 4) is 5.75 Å². The minimum absolute atomic E-state index is 0.0849. The molecule has 186 valence electrons. The van der Waals surface area contributed by atoms with E-state index in [0.717, 1.165) is 40.6 Å². The van der Waals surface area contributed by atoms with E-state index in [9.17, 15) is 5.11 Å². The number of rotatable bonds is 8. The number of nitrogens with one attached hydrogen (secondary N) is 2. The zero-order valence-corrected chi connectivity index (χ0v) is 21.4. The zero-order valence-electron chi connectivity index (χ0n) is 19.8. The van der Waals surface area contributed by atoms with Crippen molar-refractivity contribution in [1.82, 2.24) is 24.9 Å². The van der Waals surface area contributed by atoms with Gasteiger partial charge in [-0.1, -0.05) is 46.3 Å². The molecule has 0 saturated heterocycles. The highest BCUT2D eigenvalue weighted by atomic mass is 79.9. The molecule has 4 aromatic rings. The van der Waals surface area contributed by atoms with Gasteiger partial charge in [0.15, 0.2) is 5.82 Å². The maximum absolute atomic E-state index is 11.5. The third-order valence-corrected chi connectivity index (χ3v) is 7.88. The number of hydrogen-bond donors (Lipinski definition) is 3. The summed E-state index contributed by atoms with van der Waals surface area (Å²) >= 11 is 3.61. The lowest BCUT2D eigenvalue weighted by Crippen LogP contribution is -2.50. The van der Waals surface area contributed by atoms with Crippen LogP contribution in [0.5, 0.6) is 5.75 Å². The Morgan fingerprint density at radius 3 is 2.86 bits per heavy atom. The van der Waals surface area contributed by atoms with Crippen molar-refractivity contribution in [2.75, 3.05) is 11.9 Å². The molecule has 9 heteroatoms. The molecular weight excluding hydrogens is 520 g/mol. The predicted molar refractivity (Wildman–Crippen MR) is 141 cm³/mol. The average molecular weight is 549 g/mol. The molecule has 2 aromatic carbocycles. The first-order chi connectivity index (χ1) is 17.6. The van der Waals surface area contributed by atoms with Crippen LogP contribution < -0.4 is 15.4 Å². The van der Waals surface area contributed by atoms with E-state index < -0.39 is 6.10 Å². The summed E-state index contributed by atoms with van der Waals surface area (Å²) in [6, 6.07) is 16.2. The molecule has 0 bridgehead atoms. The monoisotopic (exact) mass is 548 g/mol. The summed E-state index contributed by atoms with van der Waals surface area (Å²) in [5, 5.41) is 26.8. The van der Waals surface area contributed by atoms with Crippen molar-refractivity contribution in [2.45, 2.75) is 55.9 Å². The van der Waals surface area contributed by atoms with Crippen LogP contribution in [0.1, 0.15) is 42.9 Å². The van der Waals surface area contributed by atoms with Gasteiger partial charge < -0.3 is 20.5 Å². The fourth-order valence-corrected chi connectivity index (χ4v) is 5.67. The summed E-state index contributed by atoms with van der Waals surface area (Å²) in [6.07, 6.45) is 9.38. The Morgan fingerprint density at radius 2 is 2.06 bits per heavy atom. The summed E-state index contributed by atoms with van der Waals surface area (Å²) in [7, 11) is 0. The lowest BCUT2D eigenvalue weighted by molar-refractivity contribution is -0.0380. The van der Waals surface area contributed by atoms with E-state index in [-0.39, 0.29) is 17.7 Å². The molecule has 1 aliphatic carbocycles. The first-order valence-electron chi connectivity index (χ1n) is 12.4. The van der Waals surface area contributed by atoms with Gasteiger partial charge in [-0.2, -0.15) is 0 Å². The minimum atomic E-state index is -0.675. The van der Waals surface area contributed by atoms with E-state index in [1.165, 1.54) is 6.42 Å². The Bertz CT molecular complexity index is 1340. The van der Waals surface area contributed by atoms with Crippen LogP contribution in [0.3, 0.4) is 0 Å². The molecule has 6 rings (SSSR count). The van der Waals surface area contributed by atoms with Crippen molar-refractivity contribution in [3.05, 3.63) is 82.9 Å². The molecule has 3 N–H and O–H groups in total. The number of fused-ring (bicyclic) bond motifs is 2. The Morgan fingerprint density at radius 1 is 1.19 bits per heavy atom. The third-order valence-electron chi connectivity index (χ3n) is 7.39. The molecule has 1 unspecified atom stereocenters. The second-order valence-corrected chi connectivity index (χ2v) is 10.7. The van der Waals surface area contributed by atoms with E-state index >= 15 is 0 Å². The molecule has 1 fully saturated rings. The largest absolute Gasteiger partial charge is 0.487 e. The number of benzene rings is 2. The zero-order chi connectivity index (χ0) is 24.5. The van der Waals surface area contributed by atoms with Gasteiger partial charge in [-0.15, -0.1) is 10.2 Å². The van der Waals surface area contributed by atoms with Gasteiger partial charge in [0.05, 0.1) is 12.1 Å². The number of aromatic nitrogens is 4. The molecule has 2 aromatic heterocycles. The molecule has 0 amide bonds. The first kappa shape index (κ1) is 23.4.